The van der Waals surface area contributed by atoms with Crippen LogP contribution in [0.15, 0.2) is 42.6 Å². The normalized spacial score (nSPS) is 16.5. The van der Waals surface area contributed by atoms with E-state index in [1.165, 1.54) is 36.7 Å². The molecule has 0 unspecified atom stereocenters. The molecule has 0 spiro atoms. The summed E-state index contributed by atoms with van der Waals surface area (Å²) in [5.41, 5.74) is 1.70. The maximum atomic E-state index is 13.5. The van der Waals surface area contributed by atoms with E-state index in [-0.39, 0.29) is 18.1 Å². The Labute approximate surface area is 147 Å². The summed E-state index contributed by atoms with van der Waals surface area (Å²) in [4.78, 5) is 15.8. The standard InChI is InChI=1S/C18H20FN3O.ClH/c19-16-2-1-10-21-17(16)18(23)22-15-7-5-13(6-8-15)3-4-14-9-11-20-12-14;/h1-2,5-8,10,14,20H,3-4,9,11-12H2,(H,22,23);1H/t14-;/m1./s1. The van der Waals surface area contributed by atoms with Crippen LogP contribution < -0.4 is 10.6 Å². The highest BCUT2D eigenvalue weighted by Crippen LogP contribution is 2.18. The van der Waals surface area contributed by atoms with Crippen LogP contribution in [0.4, 0.5) is 10.1 Å². The molecule has 1 saturated heterocycles. The summed E-state index contributed by atoms with van der Waals surface area (Å²) < 4.78 is 13.5. The van der Waals surface area contributed by atoms with Crippen molar-refractivity contribution in [2.75, 3.05) is 18.4 Å². The number of anilines is 1. The molecule has 128 valence electrons. The molecule has 1 atom stereocenters. The van der Waals surface area contributed by atoms with E-state index in [9.17, 15) is 9.18 Å². The maximum Gasteiger partial charge on any atom is 0.277 e. The fourth-order valence-corrected chi connectivity index (χ4v) is 2.83. The molecular weight excluding hydrogens is 329 g/mol. The molecule has 1 aromatic carbocycles. The van der Waals surface area contributed by atoms with E-state index in [2.05, 4.69) is 15.6 Å². The fraction of sp³-hybridized carbons (Fsp3) is 0.333. The number of amides is 1. The predicted octanol–water partition coefficient (Wildman–Crippen LogP) is 3.44. The molecule has 1 aliphatic heterocycles. The lowest BCUT2D eigenvalue weighted by atomic mass is 9.99. The van der Waals surface area contributed by atoms with Gasteiger partial charge in [0.15, 0.2) is 11.5 Å². The Kier molecular flexibility index (Phi) is 6.70. The van der Waals surface area contributed by atoms with Crippen LogP contribution in [0.5, 0.6) is 0 Å². The summed E-state index contributed by atoms with van der Waals surface area (Å²) in [6, 6.07) is 10.4. The van der Waals surface area contributed by atoms with Gasteiger partial charge in [-0.2, -0.15) is 0 Å². The van der Waals surface area contributed by atoms with Crippen LogP contribution in [0, 0.1) is 11.7 Å². The third-order valence-corrected chi connectivity index (χ3v) is 4.19. The van der Waals surface area contributed by atoms with Crippen molar-refractivity contribution in [3.8, 4) is 0 Å². The number of hydrogen-bond donors (Lipinski definition) is 2. The molecule has 1 amide bonds. The van der Waals surface area contributed by atoms with E-state index in [1.807, 2.05) is 24.3 Å². The van der Waals surface area contributed by atoms with Gasteiger partial charge in [-0.3, -0.25) is 4.79 Å². The number of hydrogen-bond acceptors (Lipinski definition) is 3. The lowest BCUT2D eigenvalue weighted by Gasteiger charge is -2.09. The van der Waals surface area contributed by atoms with E-state index in [0.29, 0.717) is 5.69 Å². The van der Waals surface area contributed by atoms with Crippen LogP contribution >= 0.6 is 12.4 Å². The Hall–Kier alpha value is -1.98. The smallest absolute Gasteiger partial charge is 0.277 e. The number of rotatable bonds is 5. The quantitative estimate of drug-likeness (QED) is 0.869. The van der Waals surface area contributed by atoms with Crippen LogP contribution in [-0.2, 0) is 6.42 Å². The molecular formula is C18H21ClFN3O. The van der Waals surface area contributed by atoms with Gasteiger partial charge in [0, 0.05) is 11.9 Å². The van der Waals surface area contributed by atoms with Crippen LogP contribution in [0.25, 0.3) is 0 Å². The Morgan fingerprint density at radius 2 is 2.08 bits per heavy atom. The van der Waals surface area contributed by atoms with E-state index in [4.69, 9.17) is 0 Å². The number of nitrogens with one attached hydrogen (secondary N) is 2. The number of aromatic nitrogens is 1. The molecule has 3 rings (SSSR count). The lowest BCUT2D eigenvalue weighted by Crippen LogP contribution is -2.15. The van der Waals surface area contributed by atoms with Crippen LogP contribution in [0.2, 0.25) is 0 Å². The minimum absolute atomic E-state index is 0. The zero-order valence-electron chi connectivity index (χ0n) is 13.3. The Morgan fingerprint density at radius 1 is 1.29 bits per heavy atom. The topological polar surface area (TPSA) is 54.0 Å². The molecule has 1 fully saturated rings. The van der Waals surface area contributed by atoms with Crippen LogP contribution in [-0.4, -0.2) is 24.0 Å². The van der Waals surface area contributed by atoms with Crippen molar-refractivity contribution in [2.45, 2.75) is 19.3 Å². The monoisotopic (exact) mass is 349 g/mol. The molecule has 2 aromatic rings. The van der Waals surface area contributed by atoms with E-state index < -0.39 is 11.7 Å². The molecule has 0 radical (unpaired) electrons. The summed E-state index contributed by atoms with van der Waals surface area (Å²) in [5.74, 6) is -0.388. The molecule has 6 heteroatoms. The highest BCUT2D eigenvalue weighted by atomic mass is 35.5. The Bertz CT molecular complexity index is 672. The summed E-state index contributed by atoms with van der Waals surface area (Å²) in [5, 5.41) is 6.05. The van der Waals surface area contributed by atoms with Gasteiger partial charge in [-0.15, -0.1) is 12.4 Å². The number of benzene rings is 1. The van der Waals surface area contributed by atoms with Gasteiger partial charge in [-0.05, 0) is 68.1 Å². The Balaban J connectivity index is 0.00000208. The van der Waals surface area contributed by atoms with Crippen molar-refractivity contribution in [1.82, 2.24) is 10.3 Å². The minimum Gasteiger partial charge on any atom is -0.321 e. The van der Waals surface area contributed by atoms with E-state index >= 15 is 0 Å². The SMILES string of the molecule is Cl.O=C(Nc1ccc(CC[C@@H]2CCNC2)cc1)c1ncccc1F. The second-order valence-corrected chi connectivity index (χ2v) is 5.88. The third kappa shape index (κ3) is 4.76. The van der Waals surface area contributed by atoms with Gasteiger partial charge in [0.05, 0.1) is 0 Å². The second-order valence-electron chi connectivity index (χ2n) is 5.88. The van der Waals surface area contributed by atoms with Crippen LogP contribution in [0.3, 0.4) is 0 Å². The van der Waals surface area contributed by atoms with Gasteiger partial charge < -0.3 is 10.6 Å². The largest absolute Gasteiger partial charge is 0.321 e. The van der Waals surface area contributed by atoms with Crippen molar-refractivity contribution < 1.29 is 9.18 Å². The molecule has 0 aliphatic carbocycles. The predicted molar refractivity (Wildman–Crippen MR) is 95.1 cm³/mol. The summed E-state index contributed by atoms with van der Waals surface area (Å²) >= 11 is 0. The highest BCUT2D eigenvalue weighted by Gasteiger charge is 2.14. The van der Waals surface area contributed by atoms with Crippen LogP contribution in [0.1, 0.15) is 28.9 Å². The fourth-order valence-electron chi connectivity index (χ4n) is 2.83. The second kappa shape index (κ2) is 8.76. The molecule has 2 N–H and O–H groups in total. The number of aryl methyl sites for hydroxylation is 1. The van der Waals surface area contributed by atoms with Gasteiger partial charge in [0.25, 0.3) is 5.91 Å². The minimum atomic E-state index is -0.619. The molecule has 1 aliphatic rings. The first kappa shape index (κ1) is 18.4. The molecule has 0 bridgehead atoms. The summed E-state index contributed by atoms with van der Waals surface area (Å²) in [6.45, 7) is 2.24. The summed E-state index contributed by atoms with van der Waals surface area (Å²) in [6.07, 6.45) is 4.87. The first-order chi connectivity index (χ1) is 11.2. The molecule has 1 aromatic heterocycles. The van der Waals surface area contributed by atoms with Gasteiger partial charge in [0.1, 0.15) is 0 Å². The van der Waals surface area contributed by atoms with Gasteiger partial charge >= 0.3 is 0 Å². The number of pyridine rings is 1. The van der Waals surface area contributed by atoms with Gasteiger partial charge in [-0.1, -0.05) is 12.1 Å². The van der Waals surface area contributed by atoms with E-state index in [0.717, 1.165) is 25.4 Å². The molecule has 24 heavy (non-hydrogen) atoms. The van der Waals surface area contributed by atoms with E-state index in [1.54, 1.807) is 0 Å². The number of carbonyl (C=O) groups excluding carboxylic acids is 1. The summed E-state index contributed by atoms with van der Waals surface area (Å²) in [7, 11) is 0. The first-order valence-corrected chi connectivity index (χ1v) is 7.94. The highest BCUT2D eigenvalue weighted by molar-refractivity contribution is 6.02. The molecule has 4 nitrogen and oxygen atoms in total. The zero-order chi connectivity index (χ0) is 16.1. The maximum absolute atomic E-state index is 13.5. The van der Waals surface area contributed by atoms with Crippen molar-refractivity contribution in [3.63, 3.8) is 0 Å². The Morgan fingerprint density at radius 3 is 2.75 bits per heavy atom. The van der Waals surface area contributed by atoms with Crippen molar-refractivity contribution in [1.29, 1.82) is 0 Å². The van der Waals surface area contributed by atoms with Crippen molar-refractivity contribution >= 4 is 24.0 Å². The third-order valence-electron chi connectivity index (χ3n) is 4.19. The zero-order valence-corrected chi connectivity index (χ0v) is 14.1. The molecule has 2 heterocycles. The molecule has 0 saturated carbocycles. The number of halogens is 2. The number of nitrogens with zero attached hydrogens (tertiary/aromatic N) is 1. The van der Waals surface area contributed by atoms with Gasteiger partial charge in [-0.25, -0.2) is 9.37 Å². The number of carbonyl (C=O) groups is 1. The average Bonchev–Trinajstić information content (AvgIpc) is 3.08. The van der Waals surface area contributed by atoms with Gasteiger partial charge in [0.2, 0.25) is 0 Å². The lowest BCUT2D eigenvalue weighted by molar-refractivity contribution is 0.101. The van der Waals surface area contributed by atoms with Crippen molar-refractivity contribution in [3.05, 3.63) is 59.7 Å². The average molecular weight is 350 g/mol. The first-order valence-electron chi connectivity index (χ1n) is 7.94. The van der Waals surface area contributed by atoms with Crippen molar-refractivity contribution in [2.24, 2.45) is 5.92 Å².